The van der Waals surface area contributed by atoms with Gasteiger partial charge in [0.2, 0.25) is 5.89 Å². The third-order valence-corrected chi connectivity index (χ3v) is 4.71. The van der Waals surface area contributed by atoms with E-state index in [1.807, 2.05) is 12.1 Å². The Morgan fingerprint density at radius 2 is 1.93 bits per heavy atom. The molecule has 0 radical (unpaired) electrons. The van der Waals surface area contributed by atoms with Crippen molar-refractivity contribution in [1.29, 1.82) is 0 Å². The molecule has 2 rings (SSSR count). The van der Waals surface area contributed by atoms with E-state index in [2.05, 4.69) is 72.4 Å². The van der Waals surface area contributed by atoms with Crippen molar-refractivity contribution < 1.29 is 4.42 Å². The van der Waals surface area contributed by atoms with Crippen LogP contribution in [0.1, 0.15) is 44.9 Å². The summed E-state index contributed by atoms with van der Waals surface area (Å²) in [5.41, 5.74) is 3.03. The summed E-state index contributed by atoms with van der Waals surface area (Å²) in [5.74, 6) is 1.46. The number of hydrogen-bond acceptors (Lipinski definition) is 4. The Balaban J connectivity index is 1.82. The molecule has 2 aromatic rings. The molecule has 0 bridgehead atoms. The minimum atomic E-state index is 0.487. The molecule has 2 N–H and O–H groups in total. The quantitative estimate of drug-likeness (QED) is 0.370. The van der Waals surface area contributed by atoms with Crippen molar-refractivity contribution in [2.24, 2.45) is 4.99 Å². The number of hydrogen-bond donors (Lipinski definition) is 2. The van der Waals surface area contributed by atoms with E-state index in [0.717, 1.165) is 43.3 Å². The van der Waals surface area contributed by atoms with E-state index in [-0.39, 0.29) is 0 Å². The number of aromatic nitrogens is 1. The number of nitrogens with one attached hydrogen (secondary N) is 2. The van der Waals surface area contributed by atoms with Crippen LogP contribution in [0.25, 0.3) is 11.5 Å². The highest BCUT2D eigenvalue weighted by atomic mass is 16.3. The van der Waals surface area contributed by atoms with Gasteiger partial charge in [-0.05, 0) is 66.3 Å². The van der Waals surface area contributed by atoms with Gasteiger partial charge in [0.05, 0.1) is 6.54 Å². The van der Waals surface area contributed by atoms with Gasteiger partial charge in [0, 0.05) is 24.7 Å². The summed E-state index contributed by atoms with van der Waals surface area (Å²) < 4.78 is 5.61. The van der Waals surface area contributed by atoms with E-state index in [1.165, 1.54) is 12.0 Å². The van der Waals surface area contributed by atoms with Crippen molar-refractivity contribution in [3.05, 3.63) is 41.8 Å². The lowest BCUT2D eigenvalue weighted by Crippen LogP contribution is -2.38. The Bertz CT molecular complexity index is 721. The highest BCUT2D eigenvalue weighted by Gasteiger charge is 2.07. The molecule has 6 nitrogen and oxygen atoms in total. The average Bonchev–Trinajstić information content (AvgIpc) is 3.15. The van der Waals surface area contributed by atoms with Crippen LogP contribution in [0.2, 0.25) is 0 Å². The molecular weight excluding hydrogens is 350 g/mol. The van der Waals surface area contributed by atoms with Gasteiger partial charge in [-0.2, -0.15) is 0 Å². The largest absolute Gasteiger partial charge is 0.444 e. The molecule has 0 saturated heterocycles. The van der Waals surface area contributed by atoms with E-state index < -0.39 is 0 Å². The third kappa shape index (κ3) is 7.35. The van der Waals surface area contributed by atoms with Gasteiger partial charge < -0.3 is 20.0 Å². The molecule has 0 saturated carbocycles. The van der Waals surface area contributed by atoms with Crippen LogP contribution in [-0.2, 0) is 6.54 Å². The van der Waals surface area contributed by atoms with Crippen molar-refractivity contribution >= 4 is 5.96 Å². The molecule has 1 aromatic carbocycles. The fourth-order valence-corrected chi connectivity index (χ4v) is 2.66. The van der Waals surface area contributed by atoms with Crippen LogP contribution in [0.3, 0.4) is 0 Å². The summed E-state index contributed by atoms with van der Waals surface area (Å²) in [4.78, 5) is 11.6. The van der Waals surface area contributed by atoms with Crippen molar-refractivity contribution in [1.82, 2.24) is 20.5 Å². The van der Waals surface area contributed by atoms with Gasteiger partial charge in [-0.3, -0.25) is 0 Å². The second kappa shape index (κ2) is 11.5. The number of aliphatic imine (C=N–C) groups is 1. The minimum absolute atomic E-state index is 0.487. The zero-order valence-corrected chi connectivity index (χ0v) is 18.0. The maximum absolute atomic E-state index is 5.61. The molecule has 0 amide bonds. The molecule has 28 heavy (non-hydrogen) atoms. The van der Waals surface area contributed by atoms with E-state index in [9.17, 15) is 0 Å². The van der Waals surface area contributed by atoms with Gasteiger partial charge >= 0.3 is 0 Å². The Morgan fingerprint density at radius 3 is 2.61 bits per heavy atom. The van der Waals surface area contributed by atoms with Crippen molar-refractivity contribution in [2.45, 2.75) is 53.1 Å². The molecule has 0 atom stereocenters. The van der Waals surface area contributed by atoms with Crippen LogP contribution in [0.15, 0.2) is 39.9 Å². The van der Waals surface area contributed by atoms with Gasteiger partial charge in [-0.15, -0.1) is 0 Å². The van der Waals surface area contributed by atoms with Crippen molar-refractivity contribution in [3.8, 4) is 11.5 Å². The first-order valence-electron chi connectivity index (χ1n) is 10.2. The fourth-order valence-electron chi connectivity index (χ4n) is 2.66. The lowest BCUT2D eigenvalue weighted by molar-refractivity contribution is 0.268. The monoisotopic (exact) mass is 385 g/mol. The van der Waals surface area contributed by atoms with Gasteiger partial charge in [-0.1, -0.05) is 17.7 Å². The Kier molecular flexibility index (Phi) is 9.01. The SMILES string of the molecule is CCNC(=NCc1coc(-c2ccc(C)cc2)n1)NCCCCN(C)C(C)C. The third-order valence-electron chi connectivity index (χ3n) is 4.71. The minimum Gasteiger partial charge on any atom is -0.444 e. The highest BCUT2D eigenvalue weighted by molar-refractivity contribution is 5.79. The van der Waals surface area contributed by atoms with Crippen LogP contribution in [0.5, 0.6) is 0 Å². The highest BCUT2D eigenvalue weighted by Crippen LogP contribution is 2.19. The molecule has 154 valence electrons. The van der Waals surface area contributed by atoms with Crippen molar-refractivity contribution in [3.63, 3.8) is 0 Å². The first-order chi connectivity index (χ1) is 13.5. The molecule has 0 spiro atoms. The van der Waals surface area contributed by atoms with E-state index in [0.29, 0.717) is 18.5 Å². The van der Waals surface area contributed by atoms with E-state index in [1.54, 1.807) is 6.26 Å². The standard InChI is InChI=1S/C22H35N5O/c1-6-23-22(24-13-7-8-14-27(5)17(2)3)25-15-20-16-28-21(26-20)19-11-9-18(4)10-12-19/h9-12,16-17H,6-8,13-15H2,1-5H3,(H2,23,24,25). The van der Waals surface area contributed by atoms with Crippen LogP contribution in [-0.4, -0.2) is 48.6 Å². The number of nitrogens with zero attached hydrogens (tertiary/aromatic N) is 3. The summed E-state index contributed by atoms with van der Waals surface area (Å²) >= 11 is 0. The zero-order valence-electron chi connectivity index (χ0n) is 18.0. The predicted molar refractivity (Wildman–Crippen MR) is 116 cm³/mol. The summed E-state index contributed by atoms with van der Waals surface area (Å²) in [7, 11) is 2.17. The summed E-state index contributed by atoms with van der Waals surface area (Å²) in [6.07, 6.45) is 3.97. The topological polar surface area (TPSA) is 65.7 Å². The lowest BCUT2D eigenvalue weighted by Gasteiger charge is -2.20. The molecule has 6 heteroatoms. The number of rotatable bonds is 10. The predicted octanol–water partition coefficient (Wildman–Crippen LogP) is 3.83. The Morgan fingerprint density at radius 1 is 1.18 bits per heavy atom. The zero-order chi connectivity index (χ0) is 20.4. The molecule has 0 fully saturated rings. The second-order valence-electron chi connectivity index (χ2n) is 7.41. The summed E-state index contributed by atoms with van der Waals surface area (Å²) in [5, 5.41) is 6.69. The van der Waals surface area contributed by atoms with Crippen molar-refractivity contribution in [2.75, 3.05) is 26.7 Å². The first kappa shape index (κ1) is 22.0. The molecule has 0 aliphatic rings. The van der Waals surface area contributed by atoms with Gasteiger partial charge in [-0.25, -0.2) is 9.98 Å². The number of oxazole rings is 1. The first-order valence-corrected chi connectivity index (χ1v) is 10.2. The Labute approximate surface area is 169 Å². The molecule has 0 aliphatic carbocycles. The van der Waals surface area contributed by atoms with E-state index in [4.69, 9.17) is 4.42 Å². The van der Waals surface area contributed by atoms with Crippen LogP contribution in [0.4, 0.5) is 0 Å². The summed E-state index contributed by atoms with van der Waals surface area (Å²) in [6, 6.07) is 8.76. The Hall–Kier alpha value is -2.34. The molecule has 1 aromatic heterocycles. The molecule has 1 heterocycles. The van der Waals surface area contributed by atoms with E-state index >= 15 is 0 Å². The van der Waals surface area contributed by atoms with Gasteiger partial charge in [0.1, 0.15) is 12.0 Å². The smallest absolute Gasteiger partial charge is 0.226 e. The molecule has 0 unspecified atom stereocenters. The van der Waals surface area contributed by atoms with Crippen LogP contribution < -0.4 is 10.6 Å². The average molecular weight is 386 g/mol. The normalized spacial score (nSPS) is 12.0. The van der Waals surface area contributed by atoms with Gasteiger partial charge in [0.15, 0.2) is 5.96 Å². The maximum Gasteiger partial charge on any atom is 0.226 e. The molecular formula is C22H35N5O. The number of guanidine groups is 1. The number of benzene rings is 1. The van der Waals surface area contributed by atoms with Gasteiger partial charge in [0.25, 0.3) is 0 Å². The van der Waals surface area contributed by atoms with Crippen LogP contribution in [0, 0.1) is 6.92 Å². The fraction of sp³-hybridized carbons (Fsp3) is 0.545. The second-order valence-corrected chi connectivity index (χ2v) is 7.41. The number of aryl methyl sites for hydroxylation is 1. The lowest BCUT2D eigenvalue weighted by atomic mass is 10.1. The molecule has 0 aliphatic heterocycles. The number of unbranched alkanes of at least 4 members (excludes halogenated alkanes) is 1. The summed E-state index contributed by atoms with van der Waals surface area (Å²) in [6.45, 7) is 11.9. The maximum atomic E-state index is 5.61. The van der Waals surface area contributed by atoms with Crippen LogP contribution >= 0.6 is 0 Å².